The first-order valence-electron chi connectivity index (χ1n) is 4.62. The van der Waals surface area contributed by atoms with Gasteiger partial charge >= 0.3 is 0 Å². The lowest BCUT2D eigenvalue weighted by atomic mass is 9.64. The Kier molecular flexibility index (Phi) is 2.04. The quantitative estimate of drug-likeness (QED) is 0.571. The Morgan fingerprint density at radius 3 is 2.09 bits per heavy atom. The van der Waals surface area contributed by atoms with Gasteiger partial charge in [-0.05, 0) is 37.5 Å². The molecule has 0 radical (unpaired) electrons. The molecule has 1 aliphatic rings. The second kappa shape index (κ2) is 2.48. The van der Waals surface area contributed by atoms with Gasteiger partial charge in [0.25, 0.3) is 0 Å². The van der Waals surface area contributed by atoms with Crippen LogP contribution in [0.5, 0.6) is 0 Å². The van der Waals surface area contributed by atoms with Gasteiger partial charge in [-0.25, -0.2) is 0 Å². The number of hydrogen-bond donors (Lipinski definition) is 1. The molecule has 0 spiro atoms. The van der Waals surface area contributed by atoms with Crippen LogP contribution in [0.25, 0.3) is 0 Å². The van der Waals surface area contributed by atoms with Crippen molar-refractivity contribution in [1.29, 1.82) is 0 Å². The van der Waals surface area contributed by atoms with Gasteiger partial charge in [-0.2, -0.15) is 0 Å². The van der Waals surface area contributed by atoms with Crippen LogP contribution >= 0.6 is 0 Å². The fraction of sp³-hybridized carbons (Fsp3) is 1.00. The molecule has 0 bridgehead atoms. The first-order valence-corrected chi connectivity index (χ1v) is 4.62. The highest BCUT2D eigenvalue weighted by Gasteiger charge is 2.37. The molecule has 0 heterocycles. The summed E-state index contributed by atoms with van der Waals surface area (Å²) in [5.41, 5.74) is 6.71. The van der Waals surface area contributed by atoms with Crippen molar-refractivity contribution in [3.63, 3.8) is 0 Å². The summed E-state index contributed by atoms with van der Waals surface area (Å²) in [7, 11) is 0. The van der Waals surface area contributed by atoms with E-state index >= 15 is 0 Å². The average molecular weight is 155 g/mol. The zero-order chi connectivity index (χ0) is 8.70. The van der Waals surface area contributed by atoms with E-state index in [4.69, 9.17) is 5.73 Å². The van der Waals surface area contributed by atoms with Gasteiger partial charge in [-0.1, -0.05) is 20.8 Å². The summed E-state index contributed by atoms with van der Waals surface area (Å²) in [6.45, 7) is 9.21. The molecule has 0 aromatic heterocycles. The van der Waals surface area contributed by atoms with Crippen molar-refractivity contribution in [3.8, 4) is 0 Å². The highest BCUT2D eigenvalue weighted by Crippen LogP contribution is 2.43. The van der Waals surface area contributed by atoms with Crippen molar-refractivity contribution < 1.29 is 0 Å². The molecule has 11 heavy (non-hydrogen) atoms. The molecule has 1 saturated carbocycles. The third-order valence-corrected chi connectivity index (χ3v) is 3.45. The lowest BCUT2D eigenvalue weighted by Gasteiger charge is -2.44. The fourth-order valence-electron chi connectivity index (χ4n) is 1.93. The van der Waals surface area contributed by atoms with E-state index in [1.165, 1.54) is 19.3 Å². The molecule has 1 fully saturated rings. The van der Waals surface area contributed by atoms with Crippen molar-refractivity contribution in [2.75, 3.05) is 0 Å². The Morgan fingerprint density at radius 2 is 1.73 bits per heavy atom. The lowest BCUT2D eigenvalue weighted by Crippen LogP contribution is -2.46. The van der Waals surface area contributed by atoms with Gasteiger partial charge in [-0.3, -0.25) is 0 Å². The summed E-state index contributed by atoms with van der Waals surface area (Å²) in [5, 5.41) is 0. The molecule has 0 amide bonds. The Hall–Kier alpha value is -0.0400. The predicted molar refractivity (Wildman–Crippen MR) is 49.4 cm³/mol. The largest absolute Gasteiger partial charge is 0.325 e. The van der Waals surface area contributed by atoms with Crippen LogP contribution in [0.1, 0.15) is 47.0 Å². The van der Waals surface area contributed by atoms with Crippen LogP contribution in [0.3, 0.4) is 0 Å². The van der Waals surface area contributed by atoms with Crippen LogP contribution < -0.4 is 5.73 Å². The molecule has 0 aliphatic heterocycles. The first kappa shape index (κ1) is 9.05. The van der Waals surface area contributed by atoms with Crippen molar-refractivity contribution in [1.82, 2.24) is 0 Å². The van der Waals surface area contributed by atoms with Gasteiger partial charge in [-0.15, -0.1) is 0 Å². The monoisotopic (exact) mass is 155 g/mol. The van der Waals surface area contributed by atoms with E-state index in [1.807, 2.05) is 0 Å². The molecule has 66 valence electrons. The van der Waals surface area contributed by atoms with Gasteiger partial charge in [0.15, 0.2) is 0 Å². The Morgan fingerprint density at radius 1 is 1.18 bits per heavy atom. The van der Waals surface area contributed by atoms with Crippen molar-refractivity contribution >= 4 is 0 Å². The van der Waals surface area contributed by atoms with Crippen LogP contribution in [-0.4, -0.2) is 5.54 Å². The molecule has 0 aromatic carbocycles. The molecular weight excluding hydrogens is 134 g/mol. The van der Waals surface area contributed by atoms with Gasteiger partial charge < -0.3 is 5.73 Å². The van der Waals surface area contributed by atoms with E-state index < -0.39 is 0 Å². The topological polar surface area (TPSA) is 26.0 Å². The zero-order valence-corrected chi connectivity index (χ0v) is 8.28. The van der Waals surface area contributed by atoms with Crippen LogP contribution in [-0.2, 0) is 0 Å². The molecule has 1 nitrogen and oxygen atoms in total. The molecule has 2 atom stereocenters. The summed E-state index contributed by atoms with van der Waals surface area (Å²) in [4.78, 5) is 0. The molecule has 0 saturated heterocycles. The normalized spacial score (nSPS) is 43.9. The Bertz CT molecular complexity index is 147. The maximum atomic E-state index is 6.09. The minimum atomic E-state index is 0.106. The summed E-state index contributed by atoms with van der Waals surface area (Å²) in [6.07, 6.45) is 3.64. The number of nitrogens with two attached hydrogens (primary N) is 1. The third-order valence-electron chi connectivity index (χ3n) is 3.45. The zero-order valence-electron chi connectivity index (χ0n) is 8.28. The molecule has 1 heteroatoms. The minimum absolute atomic E-state index is 0.106. The highest BCUT2D eigenvalue weighted by atomic mass is 14.7. The van der Waals surface area contributed by atoms with Gasteiger partial charge in [0.2, 0.25) is 0 Å². The molecule has 1 rings (SSSR count). The van der Waals surface area contributed by atoms with E-state index in [-0.39, 0.29) is 5.54 Å². The van der Waals surface area contributed by atoms with Crippen LogP contribution in [0.15, 0.2) is 0 Å². The first-order chi connectivity index (χ1) is 4.83. The van der Waals surface area contributed by atoms with E-state index in [2.05, 4.69) is 27.7 Å². The molecule has 0 aromatic rings. The fourth-order valence-corrected chi connectivity index (χ4v) is 1.93. The van der Waals surface area contributed by atoms with Crippen molar-refractivity contribution in [3.05, 3.63) is 0 Å². The maximum Gasteiger partial charge on any atom is 0.0128 e. The summed E-state index contributed by atoms with van der Waals surface area (Å²) in [5.74, 6) is 0.770. The molecule has 1 aliphatic carbocycles. The summed E-state index contributed by atoms with van der Waals surface area (Å²) < 4.78 is 0. The highest BCUT2D eigenvalue weighted by molar-refractivity contribution is 4.92. The number of hydrogen-bond acceptors (Lipinski definition) is 1. The smallest absolute Gasteiger partial charge is 0.0128 e. The average Bonchev–Trinajstić information content (AvgIpc) is 1.81. The third kappa shape index (κ3) is 1.96. The second-order valence-corrected chi connectivity index (χ2v) is 5.25. The Labute approximate surface area is 70.4 Å². The van der Waals surface area contributed by atoms with Crippen LogP contribution in [0.4, 0.5) is 0 Å². The van der Waals surface area contributed by atoms with Gasteiger partial charge in [0.05, 0.1) is 0 Å². The van der Waals surface area contributed by atoms with Crippen molar-refractivity contribution in [2.45, 2.75) is 52.5 Å². The van der Waals surface area contributed by atoms with Crippen LogP contribution in [0, 0.1) is 11.3 Å². The SMILES string of the molecule is CC1CC(C)(N)CCC1(C)C. The van der Waals surface area contributed by atoms with E-state index in [9.17, 15) is 0 Å². The Balaban J connectivity index is 2.63. The van der Waals surface area contributed by atoms with E-state index in [0.29, 0.717) is 5.41 Å². The van der Waals surface area contributed by atoms with E-state index in [0.717, 1.165) is 5.92 Å². The maximum absolute atomic E-state index is 6.09. The minimum Gasteiger partial charge on any atom is -0.325 e. The van der Waals surface area contributed by atoms with Gasteiger partial charge in [0, 0.05) is 5.54 Å². The molecule has 2 N–H and O–H groups in total. The molecule has 2 unspecified atom stereocenters. The summed E-state index contributed by atoms with van der Waals surface area (Å²) in [6, 6.07) is 0. The summed E-state index contributed by atoms with van der Waals surface area (Å²) >= 11 is 0. The van der Waals surface area contributed by atoms with Gasteiger partial charge in [0.1, 0.15) is 0 Å². The second-order valence-electron chi connectivity index (χ2n) is 5.25. The van der Waals surface area contributed by atoms with Crippen LogP contribution in [0.2, 0.25) is 0 Å². The van der Waals surface area contributed by atoms with Crippen molar-refractivity contribution in [2.24, 2.45) is 17.1 Å². The molecular formula is C10H21N. The number of rotatable bonds is 0. The lowest BCUT2D eigenvalue weighted by molar-refractivity contribution is 0.102. The van der Waals surface area contributed by atoms with E-state index in [1.54, 1.807) is 0 Å². The standard InChI is InChI=1S/C10H21N/c1-8-7-10(4,11)6-5-9(8,2)3/h8H,5-7,11H2,1-4H3. The predicted octanol–water partition coefficient (Wildman–Crippen LogP) is 2.55.